The number of alkyl halides is 1. The number of carbonyl (C=O) groups is 1. The zero-order valence-electron chi connectivity index (χ0n) is 9.86. The zero-order valence-corrected chi connectivity index (χ0v) is 9.86. The summed E-state index contributed by atoms with van der Waals surface area (Å²) in [4.78, 5) is 13.0. The normalized spacial score (nSPS) is 25.3. The van der Waals surface area contributed by atoms with E-state index in [1.807, 2.05) is 6.07 Å². The van der Waals surface area contributed by atoms with E-state index in [4.69, 9.17) is 10.00 Å². The van der Waals surface area contributed by atoms with Gasteiger partial charge in [-0.3, -0.25) is 0 Å². The van der Waals surface area contributed by atoms with Gasteiger partial charge in [0.1, 0.15) is 11.8 Å². The highest BCUT2D eigenvalue weighted by Gasteiger charge is 2.37. The van der Waals surface area contributed by atoms with Crippen LogP contribution in [0.2, 0.25) is 0 Å². The largest absolute Gasteiger partial charge is 0.444 e. The van der Waals surface area contributed by atoms with Crippen LogP contribution in [-0.2, 0) is 4.74 Å². The third-order valence-electron chi connectivity index (χ3n) is 2.32. The van der Waals surface area contributed by atoms with Gasteiger partial charge in [0.15, 0.2) is 0 Å². The molecule has 0 radical (unpaired) electrons. The molecule has 0 N–H and O–H groups in total. The summed E-state index contributed by atoms with van der Waals surface area (Å²) in [5.74, 6) is 0. The maximum Gasteiger partial charge on any atom is 0.410 e. The molecule has 1 aliphatic heterocycles. The third kappa shape index (κ3) is 3.37. The smallest absolute Gasteiger partial charge is 0.410 e. The van der Waals surface area contributed by atoms with Gasteiger partial charge < -0.3 is 9.64 Å². The Kier molecular flexibility index (Phi) is 3.74. The van der Waals surface area contributed by atoms with Crippen molar-refractivity contribution in [1.29, 1.82) is 5.26 Å². The van der Waals surface area contributed by atoms with Crippen molar-refractivity contribution >= 4 is 6.09 Å². The van der Waals surface area contributed by atoms with Crippen molar-refractivity contribution in [2.75, 3.05) is 6.54 Å². The first-order valence-electron chi connectivity index (χ1n) is 5.34. The predicted octanol–water partition coefficient (Wildman–Crippen LogP) is 2.25. The van der Waals surface area contributed by atoms with Gasteiger partial charge in [-0.2, -0.15) is 5.26 Å². The Labute approximate surface area is 95.0 Å². The lowest BCUT2D eigenvalue weighted by molar-refractivity contribution is 0.0221. The molecule has 4 nitrogen and oxygen atoms in total. The highest BCUT2D eigenvalue weighted by atomic mass is 19.1. The van der Waals surface area contributed by atoms with Crippen molar-refractivity contribution in [1.82, 2.24) is 4.90 Å². The number of ether oxygens (including phenoxy) is 1. The molecule has 0 aliphatic carbocycles. The van der Waals surface area contributed by atoms with Crippen molar-refractivity contribution in [2.24, 2.45) is 0 Å². The fourth-order valence-electron chi connectivity index (χ4n) is 1.70. The van der Waals surface area contributed by atoms with Crippen LogP contribution in [0.25, 0.3) is 0 Å². The molecular weight excluding hydrogens is 211 g/mol. The first-order valence-corrected chi connectivity index (χ1v) is 5.34. The topological polar surface area (TPSA) is 53.3 Å². The molecule has 2 atom stereocenters. The molecule has 0 spiro atoms. The minimum Gasteiger partial charge on any atom is -0.444 e. The van der Waals surface area contributed by atoms with E-state index >= 15 is 0 Å². The van der Waals surface area contributed by atoms with Crippen LogP contribution < -0.4 is 0 Å². The predicted molar refractivity (Wildman–Crippen MR) is 56.5 cm³/mol. The number of nitrogens with zero attached hydrogens (tertiary/aromatic N) is 2. The van der Waals surface area contributed by atoms with E-state index in [0.29, 0.717) is 0 Å². The standard InChI is InChI=1S/C11H17FN2O2/c1-11(2,3)16-10(15)14-7-8(12)6-9(14)4-5-13/h8-9H,4,6-7H2,1-3H3/t8-,9+/m0/s1. The van der Waals surface area contributed by atoms with Crippen LogP contribution in [0.4, 0.5) is 9.18 Å². The van der Waals surface area contributed by atoms with Crippen LogP contribution in [0.5, 0.6) is 0 Å². The van der Waals surface area contributed by atoms with Crippen LogP contribution in [0.3, 0.4) is 0 Å². The first kappa shape index (κ1) is 12.8. The lowest BCUT2D eigenvalue weighted by Gasteiger charge is -2.27. The van der Waals surface area contributed by atoms with E-state index in [1.54, 1.807) is 20.8 Å². The number of carbonyl (C=O) groups excluding carboxylic acids is 1. The number of hydrogen-bond acceptors (Lipinski definition) is 3. The SMILES string of the molecule is CC(C)(C)OC(=O)N1C[C@@H](F)C[C@H]1CC#N. The molecule has 0 bridgehead atoms. The minimum absolute atomic E-state index is 0.0290. The van der Waals surface area contributed by atoms with Gasteiger partial charge in [0.25, 0.3) is 0 Å². The van der Waals surface area contributed by atoms with Gasteiger partial charge in [0, 0.05) is 6.42 Å². The zero-order chi connectivity index (χ0) is 12.3. The van der Waals surface area contributed by atoms with E-state index in [1.165, 1.54) is 4.90 Å². The van der Waals surface area contributed by atoms with Crippen LogP contribution >= 0.6 is 0 Å². The monoisotopic (exact) mass is 228 g/mol. The van der Waals surface area contributed by atoms with Crippen molar-refractivity contribution < 1.29 is 13.9 Å². The van der Waals surface area contributed by atoms with Crippen molar-refractivity contribution in [3.63, 3.8) is 0 Å². The summed E-state index contributed by atoms with van der Waals surface area (Å²) in [7, 11) is 0. The van der Waals surface area contributed by atoms with E-state index in [-0.39, 0.29) is 25.4 Å². The Hall–Kier alpha value is -1.31. The number of rotatable bonds is 1. The fourth-order valence-corrected chi connectivity index (χ4v) is 1.70. The number of halogens is 1. The molecule has 1 fully saturated rings. The van der Waals surface area contributed by atoms with Crippen LogP contribution in [0.1, 0.15) is 33.6 Å². The second-order valence-corrected chi connectivity index (χ2v) is 4.98. The fraction of sp³-hybridized carbons (Fsp3) is 0.818. The molecule has 0 aromatic carbocycles. The number of nitriles is 1. The summed E-state index contributed by atoms with van der Waals surface area (Å²) in [6.45, 7) is 5.30. The lowest BCUT2D eigenvalue weighted by Crippen LogP contribution is -2.39. The van der Waals surface area contributed by atoms with Crippen molar-refractivity contribution in [3.05, 3.63) is 0 Å². The Morgan fingerprint density at radius 2 is 2.25 bits per heavy atom. The van der Waals surface area contributed by atoms with E-state index in [9.17, 15) is 9.18 Å². The summed E-state index contributed by atoms with van der Waals surface area (Å²) in [5.41, 5.74) is -0.595. The van der Waals surface area contributed by atoms with Crippen molar-refractivity contribution in [3.8, 4) is 6.07 Å². The van der Waals surface area contributed by atoms with Crippen LogP contribution in [0.15, 0.2) is 0 Å². The van der Waals surface area contributed by atoms with E-state index < -0.39 is 17.9 Å². The maximum atomic E-state index is 13.2. The highest BCUT2D eigenvalue weighted by molar-refractivity contribution is 5.69. The molecule has 0 saturated carbocycles. The number of amides is 1. The number of likely N-dealkylation sites (tertiary alicyclic amines) is 1. The minimum atomic E-state index is -1.05. The average molecular weight is 228 g/mol. The molecule has 0 aromatic heterocycles. The molecule has 1 saturated heterocycles. The van der Waals surface area contributed by atoms with E-state index in [0.717, 1.165) is 0 Å². The first-order chi connectivity index (χ1) is 7.33. The lowest BCUT2D eigenvalue weighted by atomic mass is 10.1. The molecule has 16 heavy (non-hydrogen) atoms. The van der Waals surface area contributed by atoms with Gasteiger partial charge in [-0.25, -0.2) is 9.18 Å². The molecule has 1 rings (SSSR count). The Bertz CT molecular complexity index is 306. The van der Waals surface area contributed by atoms with Gasteiger partial charge in [-0.1, -0.05) is 0 Å². The summed E-state index contributed by atoms with van der Waals surface area (Å²) in [6, 6.07) is 1.61. The Morgan fingerprint density at radius 3 is 2.75 bits per heavy atom. The quantitative estimate of drug-likeness (QED) is 0.691. The second-order valence-electron chi connectivity index (χ2n) is 4.98. The third-order valence-corrected chi connectivity index (χ3v) is 2.32. The molecule has 5 heteroatoms. The van der Waals surface area contributed by atoms with Gasteiger partial charge in [0.05, 0.1) is 25.1 Å². The second kappa shape index (κ2) is 4.69. The molecule has 90 valence electrons. The maximum absolute atomic E-state index is 13.2. The molecular formula is C11H17FN2O2. The van der Waals surface area contributed by atoms with Crippen molar-refractivity contribution in [2.45, 2.75) is 51.4 Å². The average Bonchev–Trinajstić information content (AvgIpc) is 2.44. The summed E-state index contributed by atoms with van der Waals surface area (Å²) < 4.78 is 18.3. The summed E-state index contributed by atoms with van der Waals surface area (Å²) in [5, 5.41) is 8.59. The Balaban J connectivity index is 2.64. The molecule has 1 heterocycles. The molecule has 0 unspecified atom stereocenters. The molecule has 1 aliphatic rings. The summed E-state index contributed by atoms with van der Waals surface area (Å²) >= 11 is 0. The van der Waals surface area contributed by atoms with Gasteiger partial charge in [0.2, 0.25) is 0 Å². The highest BCUT2D eigenvalue weighted by Crippen LogP contribution is 2.24. The van der Waals surface area contributed by atoms with Gasteiger partial charge in [-0.05, 0) is 20.8 Å². The van der Waals surface area contributed by atoms with Gasteiger partial charge >= 0.3 is 6.09 Å². The van der Waals surface area contributed by atoms with Crippen LogP contribution in [-0.4, -0.2) is 35.4 Å². The number of hydrogen-bond donors (Lipinski definition) is 0. The Morgan fingerprint density at radius 1 is 1.62 bits per heavy atom. The van der Waals surface area contributed by atoms with Crippen LogP contribution in [0, 0.1) is 11.3 Å². The molecule has 1 amide bonds. The molecule has 0 aromatic rings. The summed E-state index contributed by atoms with van der Waals surface area (Å²) in [6.07, 6.45) is -1.20. The van der Waals surface area contributed by atoms with Gasteiger partial charge in [-0.15, -0.1) is 0 Å². The van der Waals surface area contributed by atoms with E-state index in [2.05, 4.69) is 0 Å².